The van der Waals surface area contributed by atoms with Crippen LogP contribution in [0.4, 0.5) is 5.69 Å². The predicted molar refractivity (Wildman–Crippen MR) is 82.5 cm³/mol. The molecule has 1 aromatic rings. The fourth-order valence-corrected chi connectivity index (χ4v) is 2.95. The number of anilines is 1. The number of esters is 1. The third-order valence-electron chi connectivity index (χ3n) is 3.67. The van der Waals surface area contributed by atoms with E-state index in [1.807, 2.05) is 11.9 Å². The summed E-state index contributed by atoms with van der Waals surface area (Å²) in [5.74, 6) is -0.505. The fraction of sp³-hybridized carbons (Fsp3) is 0.615. The van der Waals surface area contributed by atoms with Gasteiger partial charge in [-0.15, -0.1) is 0 Å². The Balaban J connectivity index is 2.23. The van der Waals surface area contributed by atoms with Crippen molar-refractivity contribution in [3.63, 3.8) is 0 Å². The quantitative estimate of drug-likeness (QED) is 0.783. The van der Waals surface area contributed by atoms with Crippen molar-refractivity contribution in [3.05, 3.63) is 21.0 Å². The molecule has 7 nitrogen and oxygen atoms in total. The Morgan fingerprint density at radius 3 is 3.05 bits per heavy atom. The Hall–Kier alpha value is -1.41. The molecule has 21 heavy (non-hydrogen) atoms. The van der Waals surface area contributed by atoms with Gasteiger partial charge in [0.25, 0.3) is 5.56 Å². The number of nitrogens with one attached hydrogen (secondary N) is 1. The van der Waals surface area contributed by atoms with Gasteiger partial charge in [0.15, 0.2) is 0 Å². The number of piperidine rings is 1. The van der Waals surface area contributed by atoms with Crippen molar-refractivity contribution < 1.29 is 9.53 Å². The van der Waals surface area contributed by atoms with Gasteiger partial charge in [-0.05, 0) is 35.3 Å². The molecular formula is C13H19BrN4O3. The normalized spacial score (nSPS) is 18.3. The molecule has 0 bridgehead atoms. The maximum Gasteiger partial charge on any atom is 0.327 e. The third-order valence-corrected chi connectivity index (χ3v) is 4.42. The van der Waals surface area contributed by atoms with Crippen molar-refractivity contribution in [1.29, 1.82) is 0 Å². The summed E-state index contributed by atoms with van der Waals surface area (Å²) in [4.78, 5) is 25.5. The van der Waals surface area contributed by atoms with Gasteiger partial charge in [-0.2, -0.15) is 5.10 Å². The predicted octanol–water partition coefficient (Wildman–Crippen LogP) is 0.367. The number of hydrogen-bond acceptors (Lipinski definition) is 6. The summed E-state index contributed by atoms with van der Waals surface area (Å²) in [6.07, 6.45) is 3.78. The second kappa shape index (κ2) is 7.04. The van der Waals surface area contributed by atoms with Gasteiger partial charge in [0.2, 0.25) is 0 Å². The van der Waals surface area contributed by atoms with E-state index in [1.165, 1.54) is 7.11 Å². The summed E-state index contributed by atoms with van der Waals surface area (Å²) in [7, 11) is 3.23. The maximum atomic E-state index is 12.2. The van der Waals surface area contributed by atoms with Crippen LogP contribution in [0.1, 0.15) is 12.8 Å². The van der Waals surface area contributed by atoms with Gasteiger partial charge in [-0.1, -0.05) is 0 Å². The molecule has 116 valence electrons. The van der Waals surface area contributed by atoms with Crippen LogP contribution in [-0.4, -0.2) is 49.0 Å². The zero-order valence-corrected chi connectivity index (χ0v) is 13.7. The van der Waals surface area contributed by atoms with E-state index in [9.17, 15) is 9.59 Å². The molecule has 2 heterocycles. The SMILES string of the molecule is COC(=O)Cn1ncc(N(C)C2CCCNC2)c(Br)c1=O. The highest BCUT2D eigenvalue weighted by Gasteiger charge is 2.22. The van der Waals surface area contributed by atoms with Gasteiger partial charge in [-0.25, -0.2) is 4.68 Å². The summed E-state index contributed by atoms with van der Waals surface area (Å²) >= 11 is 3.32. The number of hydrogen-bond donors (Lipinski definition) is 1. The summed E-state index contributed by atoms with van der Waals surface area (Å²) < 4.78 is 6.05. The first kappa shape index (κ1) is 16.0. The number of aromatic nitrogens is 2. The molecule has 8 heteroatoms. The minimum Gasteiger partial charge on any atom is -0.468 e. The summed E-state index contributed by atoms with van der Waals surface area (Å²) in [6.45, 7) is 1.72. The van der Waals surface area contributed by atoms with Crippen LogP contribution in [0.3, 0.4) is 0 Å². The number of methoxy groups -OCH3 is 1. The highest BCUT2D eigenvalue weighted by Crippen LogP contribution is 2.24. The molecule has 1 unspecified atom stereocenters. The van der Waals surface area contributed by atoms with E-state index in [4.69, 9.17) is 0 Å². The van der Waals surface area contributed by atoms with E-state index in [0.717, 1.165) is 36.3 Å². The molecule has 0 spiro atoms. The van der Waals surface area contributed by atoms with E-state index in [1.54, 1.807) is 6.20 Å². The minimum atomic E-state index is -0.505. The van der Waals surface area contributed by atoms with Gasteiger partial charge in [0.05, 0.1) is 19.0 Å². The van der Waals surface area contributed by atoms with Gasteiger partial charge < -0.3 is 15.0 Å². The second-order valence-electron chi connectivity index (χ2n) is 4.99. The monoisotopic (exact) mass is 358 g/mol. The van der Waals surface area contributed by atoms with Gasteiger partial charge in [0.1, 0.15) is 11.0 Å². The smallest absolute Gasteiger partial charge is 0.327 e. The van der Waals surface area contributed by atoms with Crippen molar-refractivity contribution in [2.24, 2.45) is 0 Å². The van der Waals surface area contributed by atoms with Gasteiger partial charge in [0, 0.05) is 19.6 Å². The number of ether oxygens (including phenoxy) is 1. The van der Waals surface area contributed by atoms with Crippen LogP contribution < -0.4 is 15.8 Å². The second-order valence-corrected chi connectivity index (χ2v) is 5.79. The first-order valence-electron chi connectivity index (χ1n) is 6.80. The average Bonchev–Trinajstić information content (AvgIpc) is 2.52. The average molecular weight is 359 g/mol. The van der Waals surface area contributed by atoms with Crippen LogP contribution in [0.15, 0.2) is 15.5 Å². The molecule has 1 atom stereocenters. The van der Waals surface area contributed by atoms with Crippen LogP contribution in [0.5, 0.6) is 0 Å². The Bertz CT molecular complexity index is 569. The largest absolute Gasteiger partial charge is 0.468 e. The molecule has 1 fully saturated rings. The number of carbonyl (C=O) groups excluding carboxylic acids is 1. The Kier molecular flexibility index (Phi) is 5.35. The molecular weight excluding hydrogens is 340 g/mol. The summed E-state index contributed by atoms with van der Waals surface area (Å²) in [5, 5.41) is 7.40. The van der Waals surface area contributed by atoms with E-state index < -0.39 is 5.97 Å². The van der Waals surface area contributed by atoms with Crippen molar-refractivity contribution in [1.82, 2.24) is 15.1 Å². The third kappa shape index (κ3) is 3.62. The lowest BCUT2D eigenvalue weighted by molar-refractivity contribution is -0.141. The molecule has 0 radical (unpaired) electrons. The molecule has 1 aromatic heterocycles. The van der Waals surface area contributed by atoms with Gasteiger partial charge in [-0.3, -0.25) is 9.59 Å². The number of likely N-dealkylation sites (N-methyl/N-ethyl adjacent to an activating group) is 1. The lowest BCUT2D eigenvalue weighted by atomic mass is 10.1. The molecule has 1 N–H and O–H groups in total. The molecule has 0 amide bonds. The van der Waals surface area contributed by atoms with Gasteiger partial charge >= 0.3 is 5.97 Å². The molecule has 1 aliphatic heterocycles. The van der Waals surface area contributed by atoms with E-state index >= 15 is 0 Å². The number of nitrogens with zero attached hydrogens (tertiary/aromatic N) is 3. The maximum absolute atomic E-state index is 12.2. The lowest BCUT2D eigenvalue weighted by Gasteiger charge is -2.33. The first-order chi connectivity index (χ1) is 10.0. The minimum absolute atomic E-state index is 0.192. The van der Waals surface area contributed by atoms with Crippen molar-refractivity contribution in [2.75, 3.05) is 32.1 Å². The van der Waals surface area contributed by atoms with E-state index in [2.05, 4.69) is 31.1 Å². The Labute approximate surface area is 131 Å². The first-order valence-corrected chi connectivity index (χ1v) is 7.60. The molecule has 0 aliphatic carbocycles. The van der Waals surface area contributed by atoms with Crippen molar-refractivity contribution >= 4 is 27.6 Å². The molecule has 0 saturated carbocycles. The van der Waals surface area contributed by atoms with Crippen LogP contribution >= 0.6 is 15.9 Å². The number of rotatable bonds is 4. The van der Waals surface area contributed by atoms with E-state index in [0.29, 0.717) is 10.5 Å². The zero-order chi connectivity index (χ0) is 15.4. The van der Waals surface area contributed by atoms with Crippen LogP contribution in [-0.2, 0) is 16.1 Å². The molecule has 1 aliphatic rings. The number of carbonyl (C=O) groups is 1. The van der Waals surface area contributed by atoms with Crippen LogP contribution in [0.25, 0.3) is 0 Å². The van der Waals surface area contributed by atoms with Crippen molar-refractivity contribution in [2.45, 2.75) is 25.4 Å². The fourth-order valence-electron chi connectivity index (χ4n) is 2.36. The van der Waals surface area contributed by atoms with Crippen LogP contribution in [0, 0.1) is 0 Å². The van der Waals surface area contributed by atoms with E-state index in [-0.39, 0.29) is 12.1 Å². The topological polar surface area (TPSA) is 76.5 Å². The highest BCUT2D eigenvalue weighted by molar-refractivity contribution is 9.10. The Morgan fingerprint density at radius 1 is 1.67 bits per heavy atom. The molecule has 0 aromatic carbocycles. The number of halogens is 1. The Morgan fingerprint density at radius 2 is 2.43 bits per heavy atom. The lowest BCUT2D eigenvalue weighted by Crippen LogP contribution is -2.45. The highest BCUT2D eigenvalue weighted by atomic mass is 79.9. The zero-order valence-electron chi connectivity index (χ0n) is 12.1. The van der Waals surface area contributed by atoms with Crippen LogP contribution in [0.2, 0.25) is 0 Å². The van der Waals surface area contributed by atoms with Crippen molar-refractivity contribution in [3.8, 4) is 0 Å². The molecule has 2 rings (SSSR count). The standard InChI is InChI=1S/C13H19BrN4O3/c1-17(9-4-3-5-15-6-9)10-7-16-18(8-11(19)21-2)13(20)12(10)14/h7,9,15H,3-6,8H2,1-2H3. The summed E-state index contributed by atoms with van der Waals surface area (Å²) in [6, 6.07) is 0.327. The molecule has 1 saturated heterocycles. The summed E-state index contributed by atoms with van der Waals surface area (Å²) in [5.41, 5.74) is 0.392.